The Morgan fingerprint density at radius 2 is 1.19 bits per heavy atom. The molecule has 2 atom stereocenters. The lowest BCUT2D eigenvalue weighted by atomic mass is 10.2. The Kier molecular flexibility index (Phi) is 9.63. The Morgan fingerprint density at radius 3 is 1.43 bits per heavy atom. The molecule has 0 aliphatic carbocycles. The minimum atomic E-state index is -0.945. The van der Waals surface area contributed by atoms with E-state index in [-0.39, 0.29) is 11.5 Å². The van der Waals surface area contributed by atoms with Gasteiger partial charge in [-0.15, -0.1) is 0 Å². The molecule has 0 fully saturated rings. The fourth-order valence-electron chi connectivity index (χ4n) is 1.28. The van der Waals surface area contributed by atoms with Gasteiger partial charge in [0.2, 0.25) is 11.8 Å². The van der Waals surface area contributed by atoms with Crippen molar-refractivity contribution in [2.75, 3.05) is 25.7 Å². The number of nitrogens with one attached hydrogen (secondary N) is 2. The average Bonchev–Trinajstić information content (AvgIpc) is 2.48. The second-order valence-corrected chi connectivity index (χ2v) is 4.56. The normalized spacial score (nSPS) is 12.8. The highest BCUT2D eigenvalue weighted by molar-refractivity contribution is 7.80. The molecule has 0 spiro atoms. The Balaban J connectivity index is 4.41. The fourth-order valence-corrected chi connectivity index (χ4v) is 1.76. The molecule has 0 unspecified atom stereocenters. The molecule has 0 radical (unpaired) electrons. The van der Waals surface area contributed by atoms with Crippen LogP contribution in [0.4, 0.5) is 0 Å². The van der Waals surface area contributed by atoms with E-state index >= 15 is 0 Å². The highest BCUT2D eigenvalue weighted by Crippen LogP contribution is 1.96. The summed E-state index contributed by atoms with van der Waals surface area (Å²) in [4.78, 5) is 45.7. The SMILES string of the molecule is COC(=O)[C@H](CS)NC(=O)CC(=O)N[C@@H](CS)C(=O)OC. The summed E-state index contributed by atoms with van der Waals surface area (Å²) in [6, 6.07) is -1.89. The summed E-state index contributed by atoms with van der Waals surface area (Å²) in [5.74, 6) is -2.66. The molecule has 0 rings (SSSR count). The van der Waals surface area contributed by atoms with E-state index in [4.69, 9.17) is 0 Å². The maximum absolute atomic E-state index is 11.6. The summed E-state index contributed by atoms with van der Waals surface area (Å²) < 4.78 is 8.93. The van der Waals surface area contributed by atoms with Crippen LogP contribution in [0, 0.1) is 0 Å². The molecule has 0 aromatic rings. The molecular weight excluding hydrogens is 320 g/mol. The van der Waals surface area contributed by atoms with Crippen LogP contribution in [0.15, 0.2) is 0 Å². The highest BCUT2D eigenvalue weighted by atomic mass is 32.1. The van der Waals surface area contributed by atoms with Gasteiger partial charge in [0.1, 0.15) is 18.5 Å². The van der Waals surface area contributed by atoms with Gasteiger partial charge in [0.15, 0.2) is 0 Å². The Morgan fingerprint density at radius 1 is 0.857 bits per heavy atom. The number of methoxy groups -OCH3 is 2. The zero-order chi connectivity index (χ0) is 16.4. The topological polar surface area (TPSA) is 111 Å². The zero-order valence-corrected chi connectivity index (χ0v) is 13.4. The molecule has 0 aliphatic rings. The minimum absolute atomic E-state index is 0.0292. The first-order valence-electron chi connectivity index (χ1n) is 5.85. The predicted octanol–water partition coefficient (Wildman–Crippen LogP) is -1.45. The molecule has 120 valence electrons. The Labute approximate surface area is 133 Å². The maximum atomic E-state index is 11.6. The lowest BCUT2D eigenvalue weighted by Crippen LogP contribution is -2.47. The molecule has 2 amide bonds. The van der Waals surface area contributed by atoms with Crippen LogP contribution in [0.2, 0.25) is 0 Å². The molecule has 0 aliphatic heterocycles. The zero-order valence-electron chi connectivity index (χ0n) is 11.6. The van der Waals surface area contributed by atoms with E-state index < -0.39 is 42.3 Å². The van der Waals surface area contributed by atoms with Crippen LogP contribution < -0.4 is 10.6 Å². The molecule has 0 aromatic carbocycles. The fraction of sp³-hybridized carbons (Fsp3) is 0.636. The Hall–Kier alpha value is -1.42. The van der Waals surface area contributed by atoms with Crippen molar-refractivity contribution < 1.29 is 28.7 Å². The highest BCUT2D eigenvalue weighted by Gasteiger charge is 2.24. The third-order valence-electron chi connectivity index (χ3n) is 2.33. The molecule has 0 aromatic heterocycles. The molecule has 10 heteroatoms. The van der Waals surface area contributed by atoms with Crippen LogP contribution in [0.3, 0.4) is 0 Å². The third-order valence-corrected chi connectivity index (χ3v) is 3.06. The lowest BCUT2D eigenvalue weighted by Gasteiger charge is -2.16. The number of hydrogen-bond donors (Lipinski definition) is 4. The number of carbonyl (C=O) groups excluding carboxylic acids is 4. The van der Waals surface area contributed by atoms with Gasteiger partial charge in [0.25, 0.3) is 0 Å². The molecule has 2 N–H and O–H groups in total. The number of amides is 2. The molecule has 0 heterocycles. The number of esters is 2. The van der Waals surface area contributed by atoms with Gasteiger partial charge in [-0.3, -0.25) is 9.59 Å². The standard InChI is InChI=1S/C11H18N2O6S2/c1-18-10(16)6(4-20)12-8(14)3-9(15)13-7(5-21)11(17)19-2/h6-7,20-21H,3-5H2,1-2H3,(H,12,14)(H,13,15)/t6-,7-/m0/s1. The van der Waals surface area contributed by atoms with Crippen molar-refractivity contribution in [3.8, 4) is 0 Å². The Bertz CT molecular complexity index is 368. The first-order chi connectivity index (χ1) is 9.89. The number of ether oxygens (including phenoxy) is 2. The van der Waals surface area contributed by atoms with Gasteiger partial charge < -0.3 is 20.1 Å². The largest absolute Gasteiger partial charge is 0.467 e. The van der Waals surface area contributed by atoms with Gasteiger partial charge in [-0.05, 0) is 0 Å². The smallest absolute Gasteiger partial charge is 0.329 e. The molecule has 0 bridgehead atoms. The van der Waals surface area contributed by atoms with E-state index in [1.807, 2.05) is 0 Å². The molecule has 21 heavy (non-hydrogen) atoms. The lowest BCUT2D eigenvalue weighted by molar-refractivity contribution is -0.145. The first-order valence-corrected chi connectivity index (χ1v) is 7.12. The number of rotatable bonds is 8. The van der Waals surface area contributed by atoms with Gasteiger partial charge >= 0.3 is 11.9 Å². The predicted molar refractivity (Wildman–Crippen MR) is 80.2 cm³/mol. The average molecular weight is 338 g/mol. The van der Waals surface area contributed by atoms with Crippen LogP contribution >= 0.6 is 25.3 Å². The van der Waals surface area contributed by atoms with Crippen LogP contribution in [0.5, 0.6) is 0 Å². The van der Waals surface area contributed by atoms with Crippen molar-refractivity contribution in [1.29, 1.82) is 0 Å². The van der Waals surface area contributed by atoms with Crippen molar-refractivity contribution in [1.82, 2.24) is 10.6 Å². The summed E-state index contributed by atoms with van der Waals surface area (Å²) in [6.07, 6.45) is -0.553. The van der Waals surface area contributed by atoms with E-state index in [0.717, 1.165) is 0 Å². The molecular formula is C11H18N2O6S2. The van der Waals surface area contributed by atoms with Crippen molar-refractivity contribution >= 4 is 49.0 Å². The first kappa shape index (κ1) is 19.6. The van der Waals surface area contributed by atoms with Crippen LogP contribution in [0.1, 0.15) is 6.42 Å². The van der Waals surface area contributed by atoms with Crippen molar-refractivity contribution in [3.63, 3.8) is 0 Å². The maximum Gasteiger partial charge on any atom is 0.329 e. The van der Waals surface area contributed by atoms with E-state index in [9.17, 15) is 19.2 Å². The summed E-state index contributed by atoms with van der Waals surface area (Å²) in [7, 11) is 2.34. The number of hydrogen-bond acceptors (Lipinski definition) is 8. The second kappa shape index (κ2) is 10.3. The summed E-state index contributed by atoms with van der Waals surface area (Å²) in [5.41, 5.74) is 0. The molecule has 8 nitrogen and oxygen atoms in total. The van der Waals surface area contributed by atoms with Gasteiger partial charge in [0, 0.05) is 11.5 Å². The molecule has 0 saturated carbocycles. The van der Waals surface area contributed by atoms with Crippen LogP contribution in [-0.4, -0.2) is 61.6 Å². The monoisotopic (exact) mass is 338 g/mol. The van der Waals surface area contributed by atoms with E-state index in [0.29, 0.717) is 0 Å². The quantitative estimate of drug-likeness (QED) is 0.245. The van der Waals surface area contributed by atoms with E-state index in [2.05, 4.69) is 45.4 Å². The van der Waals surface area contributed by atoms with Gasteiger partial charge in [-0.2, -0.15) is 25.3 Å². The third kappa shape index (κ3) is 7.23. The number of carbonyl (C=O) groups is 4. The van der Waals surface area contributed by atoms with Gasteiger partial charge in [-0.25, -0.2) is 9.59 Å². The van der Waals surface area contributed by atoms with Crippen LogP contribution in [0.25, 0.3) is 0 Å². The summed E-state index contributed by atoms with van der Waals surface area (Å²) >= 11 is 7.79. The van der Waals surface area contributed by atoms with Crippen LogP contribution in [-0.2, 0) is 28.7 Å². The van der Waals surface area contributed by atoms with Crippen molar-refractivity contribution in [2.45, 2.75) is 18.5 Å². The molecule has 0 saturated heterocycles. The van der Waals surface area contributed by atoms with Crippen molar-refractivity contribution in [2.24, 2.45) is 0 Å². The van der Waals surface area contributed by atoms with E-state index in [1.54, 1.807) is 0 Å². The number of thiol groups is 2. The summed E-state index contributed by atoms with van der Waals surface area (Å²) in [6.45, 7) is 0. The van der Waals surface area contributed by atoms with Gasteiger partial charge in [-0.1, -0.05) is 0 Å². The second-order valence-electron chi connectivity index (χ2n) is 3.83. The van der Waals surface area contributed by atoms with Crippen molar-refractivity contribution in [3.05, 3.63) is 0 Å². The van der Waals surface area contributed by atoms with E-state index in [1.165, 1.54) is 14.2 Å². The summed E-state index contributed by atoms with van der Waals surface area (Å²) in [5, 5.41) is 4.59. The van der Waals surface area contributed by atoms with Gasteiger partial charge in [0.05, 0.1) is 14.2 Å². The minimum Gasteiger partial charge on any atom is -0.467 e.